The van der Waals surface area contributed by atoms with Gasteiger partial charge in [0.2, 0.25) is 0 Å². The molecule has 1 aromatic heterocycles. The molecule has 0 saturated carbocycles. The minimum Gasteiger partial charge on any atom is -0.380 e. The molecule has 0 spiro atoms. The van der Waals surface area contributed by atoms with E-state index in [0.717, 1.165) is 30.9 Å². The van der Waals surface area contributed by atoms with Gasteiger partial charge in [-0.3, -0.25) is 0 Å². The summed E-state index contributed by atoms with van der Waals surface area (Å²) >= 11 is 5.85. The van der Waals surface area contributed by atoms with Gasteiger partial charge in [-0.15, -0.1) is 11.6 Å². The summed E-state index contributed by atoms with van der Waals surface area (Å²) in [6.45, 7) is 6.39. The molecule has 0 saturated heterocycles. The molecule has 2 aromatic rings. The molecule has 0 aliphatic heterocycles. The van der Waals surface area contributed by atoms with E-state index in [1.54, 1.807) is 0 Å². The van der Waals surface area contributed by atoms with E-state index in [2.05, 4.69) is 29.7 Å². The molecule has 2 rings (SSSR count). The zero-order chi connectivity index (χ0) is 13.0. The van der Waals surface area contributed by atoms with E-state index in [-0.39, 0.29) is 0 Å². The van der Waals surface area contributed by atoms with E-state index >= 15 is 0 Å². The van der Waals surface area contributed by atoms with Crippen molar-refractivity contribution < 1.29 is 4.74 Å². The Bertz CT molecular complexity index is 522. The van der Waals surface area contributed by atoms with Crippen molar-refractivity contribution in [2.75, 3.05) is 19.1 Å². The van der Waals surface area contributed by atoms with E-state index in [1.165, 1.54) is 11.1 Å². The van der Waals surface area contributed by atoms with Crippen LogP contribution in [0.2, 0.25) is 0 Å². The predicted molar refractivity (Wildman–Crippen MR) is 75.4 cm³/mol. The number of imidazole rings is 1. The molecule has 0 atom stereocenters. The molecule has 0 aliphatic rings. The van der Waals surface area contributed by atoms with Crippen molar-refractivity contribution in [1.82, 2.24) is 9.55 Å². The van der Waals surface area contributed by atoms with Crippen molar-refractivity contribution in [3.63, 3.8) is 0 Å². The molecule has 0 N–H and O–H groups in total. The molecule has 4 heteroatoms. The highest BCUT2D eigenvalue weighted by atomic mass is 35.5. The summed E-state index contributed by atoms with van der Waals surface area (Å²) < 4.78 is 7.66. The van der Waals surface area contributed by atoms with Crippen LogP contribution in [0.1, 0.15) is 18.3 Å². The van der Waals surface area contributed by atoms with Crippen LogP contribution >= 0.6 is 11.6 Å². The normalized spacial score (nSPS) is 11.3. The number of para-hydroxylation sites is 1. The molecule has 0 amide bonds. The van der Waals surface area contributed by atoms with Crippen LogP contribution in [0.3, 0.4) is 0 Å². The van der Waals surface area contributed by atoms with Crippen LogP contribution in [0.15, 0.2) is 18.2 Å². The van der Waals surface area contributed by atoms with Crippen molar-refractivity contribution in [2.45, 2.75) is 26.8 Å². The number of hydrogen-bond donors (Lipinski definition) is 0. The number of aromatic nitrogens is 2. The van der Waals surface area contributed by atoms with Gasteiger partial charge in [0.15, 0.2) is 0 Å². The van der Waals surface area contributed by atoms with Crippen molar-refractivity contribution in [3.05, 3.63) is 29.6 Å². The van der Waals surface area contributed by atoms with Crippen LogP contribution in [-0.2, 0) is 17.7 Å². The Morgan fingerprint density at radius 3 is 2.94 bits per heavy atom. The van der Waals surface area contributed by atoms with Crippen LogP contribution in [0.5, 0.6) is 0 Å². The summed E-state index contributed by atoms with van der Waals surface area (Å²) in [4.78, 5) is 4.70. The highest BCUT2D eigenvalue weighted by Gasteiger charge is 2.11. The molecule has 1 aromatic carbocycles. The summed E-state index contributed by atoms with van der Waals surface area (Å²) in [6.07, 6.45) is 0.793. The fourth-order valence-corrected chi connectivity index (χ4v) is 2.33. The first-order valence-corrected chi connectivity index (χ1v) is 6.89. The monoisotopic (exact) mass is 266 g/mol. The van der Waals surface area contributed by atoms with Crippen molar-refractivity contribution in [2.24, 2.45) is 0 Å². The van der Waals surface area contributed by atoms with E-state index in [4.69, 9.17) is 21.3 Å². The topological polar surface area (TPSA) is 27.1 Å². The molecule has 0 unspecified atom stereocenters. The largest absolute Gasteiger partial charge is 0.380 e. The lowest BCUT2D eigenvalue weighted by molar-refractivity contribution is 0.139. The van der Waals surface area contributed by atoms with Crippen molar-refractivity contribution in [1.29, 1.82) is 0 Å². The lowest BCUT2D eigenvalue weighted by atomic mass is 10.2. The second-order valence-electron chi connectivity index (χ2n) is 4.26. The molecule has 0 fully saturated rings. The quantitative estimate of drug-likeness (QED) is 0.593. The third-order valence-electron chi connectivity index (χ3n) is 3.04. The maximum absolute atomic E-state index is 5.85. The SMILES string of the molecule is CCOCCn1c(CCCl)nc2c(C)cccc21. The molecule has 3 nitrogen and oxygen atoms in total. The number of aryl methyl sites for hydroxylation is 2. The summed E-state index contributed by atoms with van der Waals surface area (Å²) in [5.41, 5.74) is 3.46. The molecular formula is C14H19ClN2O. The summed E-state index contributed by atoms with van der Waals surface area (Å²) in [7, 11) is 0. The molecule has 0 bridgehead atoms. The average molecular weight is 267 g/mol. The number of fused-ring (bicyclic) bond motifs is 1. The van der Waals surface area contributed by atoms with Gasteiger partial charge in [0.05, 0.1) is 17.6 Å². The first-order valence-electron chi connectivity index (χ1n) is 6.36. The maximum Gasteiger partial charge on any atom is 0.111 e. The highest BCUT2D eigenvalue weighted by Crippen LogP contribution is 2.20. The lowest BCUT2D eigenvalue weighted by Crippen LogP contribution is -2.09. The highest BCUT2D eigenvalue weighted by molar-refractivity contribution is 6.17. The Morgan fingerprint density at radius 2 is 2.22 bits per heavy atom. The van der Waals surface area contributed by atoms with Crippen LogP contribution in [0.25, 0.3) is 11.0 Å². The lowest BCUT2D eigenvalue weighted by Gasteiger charge is -2.08. The predicted octanol–water partition coefficient (Wildman–Crippen LogP) is 3.16. The van der Waals surface area contributed by atoms with Crippen molar-refractivity contribution >= 4 is 22.6 Å². The molecule has 0 radical (unpaired) electrons. The van der Waals surface area contributed by atoms with Gasteiger partial charge in [0, 0.05) is 25.5 Å². The number of alkyl halides is 1. The van der Waals surface area contributed by atoms with Crippen LogP contribution in [-0.4, -0.2) is 28.6 Å². The molecule has 18 heavy (non-hydrogen) atoms. The van der Waals surface area contributed by atoms with Crippen LogP contribution in [0.4, 0.5) is 0 Å². The fourth-order valence-electron chi connectivity index (χ4n) is 2.16. The van der Waals surface area contributed by atoms with Gasteiger partial charge >= 0.3 is 0 Å². The van der Waals surface area contributed by atoms with E-state index < -0.39 is 0 Å². The van der Waals surface area contributed by atoms with Gasteiger partial charge in [0.25, 0.3) is 0 Å². The smallest absolute Gasteiger partial charge is 0.111 e. The third-order valence-corrected chi connectivity index (χ3v) is 3.23. The molecular weight excluding hydrogens is 248 g/mol. The van der Waals surface area contributed by atoms with Crippen LogP contribution < -0.4 is 0 Å². The van der Waals surface area contributed by atoms with Gasteiger partial charge in [-0.05, 0) is 25.5 Å². The van der Waals surface area contributed by atoms with E-state index in [1.807, 2.05) is 6.92 Å². The van der Waals surface area contributed by atoms with E-state index in [0.29, 0.717) is 12.5 Å². The fraction of sp³-hybridized carbons (Fsp3) is 0.500. The number of halogens is 1. The van der Waals surface area contributed by atoms with Gasteiger partial charge in [-0.1, -0.05) is 12.1 Å². The minimum atomic E-state index is 0.594. The summed E-state index contributed by atoms with van der Waals surface area (Å²) in [5.74, 6) is 1.64. The second-order valence-corrected chi connectivity index (χ2v) is 4.64. The standard InChI is InChI=1S/C14H19ClN2O/c1-3-18-10-9-17-12-6-4-5-11(2)14(12)16-13(17)7-8-15/h4-6H,3,7-10H2,1-2H3. The molecule has 0 aliphatic carbocycles. The number of ether oxygens (including phenoxy) is 1. The minimum absolute atomic E-state index is 0.594. The zero-order valence-electron chi connectivity index (χ0n) is 10.9. The molecule has 98 valence electrons. The Morgan fingerprint density at radius 1 is 1.39 bits per heavy atom. The van der Waals surface area contributed by atoms with Gasteiger partial charge in [0.1, 0.15) is 5.82 Å². The number of hydrogen-bond acceptors (Lipinski definition) is 2. The van der Waals surface area contributed by atoms with Gasteiger partial charge in [-0.25, -0.2) is 4.98 Å². The maximum atomic E-state index is 5.85. The summed E-state index contributed by atoms with van der Waals surface area (Å²) in [6, 6.07) is 6.27. The zero-order valence-corrected chi connectivity index (χ0v) is 11.7. The Balaban J connectivity index is 2.39. The second kappa shape index (κ2) is 6.21. The van der Waals surface area contributed by atoms with Crippen LogP contribution in [0, 0.1) is 6.92 Å². The Hall–Kier alpha value is -1.06. The van der Waals surface area contributed by atoms with Crippen molar-refractivity contribution in [3.8, 4) is 0 Å². The first-order chi connectivity index (χ1) is 8.77. The number of benzene rings is 1. The van der Waals surface area contributed by atoms with E-state index in [9.17, 15) is 0 Å². The first kappa shape index (κ1) is 13.4. The third kappa shape index (κ3) is 2.68. The Labute approximate surface area is 113 Å². The number of rotatable bonds is 6. The van der Waals surface area contributed by atoms with Gasteiger partial charge in [-0.2, -0.15) is 0 Å². The summed E-state index contributed by atoms with van der Waals surface area (Å²) in [5, 5.41) is 0. The number of nitrogens with zero attached hydrogens (tertiary/aromatic N) is 2. The molecule has 1 heterocycles. The average Bonchev–Trinajstić information content (AvgIpc) is 2.70. The van der Waals surface area contributed by atoms with Gasteiger partial charge < -0.3 is 9.30 Å². The Kier molecular flexibility index (Phi) is 4.61.